The summed E-state index contributed by atoms with van der Waals surface area (Å²) >= 11 is 0. The maximum Gasteiger partial charge on any atom is 0.271 e. The zero-order chi connectivity index (χ0) is 16.0. The molecular formula is C19H23FN2O. The van der Waals surface area contributed by atoms with Gasteiger partial charge in [0.2, 0.25) is 0 Å². The molecule has 4 bridgehead atoms. The second-order valence-electron chi connectivity index (χ2n) is 7.85. The van der Waals surface area contributed by atoms with Gasteiger partial charge in [0.1, 0.15) is 5.82 Å². The predicted octanol–water partition coefficient (Wildman–Crippen LogP) is 4.15. The van der Waals surface area contributed by atoms with Gasteiger partial charge in [-0.25, -0.2) is 9.82 Å². The van der Waals surface area contributed by atoms with Crippen LogP contribution in [0.25, 0.3) is 0 Å². The molecule has 4 saturated carbocycles. The summed E-state index contributed by atoms with van der Waals surface area (Å²) in [5.41, 5.74) is 4.20. The molecule has 0 aromatic heterocycles. The van der Waals surface area contributed by atoms with Crippen molar-refractivity contribution in [2.75, 3.05) is 0 Å². The summed E-state index contributed by atoms with van der Waals surface area (Å²) in [5.74, 6) is 1.81. The SMILES string of the molecule is CC(=NNC(=O)c1cccc(F)c1)C12CC3CC(CC(C3)C1)C2. The van der Waals surface area contributed by atoms with E-state index in [9.17, 15) is 9.18 Å². The van der Waals surface area contributed by atoms with E-state index in [4.69, 9.17) is 0 Å². The van der Waals surface area contributed by atoms with Crippen LogP contribution in [0.3, 0.4) is 0 Å². The van der Waals surface area contributed by atoms with Gasteiger partial charge in [-0.2, -0.15) is 5.10 Å². The number of benzene rings is 1. The van der Waals surface area contributed by atoms with Crippen molar-refractivity contribution in [1.29, 1.82) is 0 Å². The largest absolute Gasteiger partial charge is 0.271 e. The van der Waals surface area contributed by atoms with Gasteiger partial charge < -0.3 is 0 Å². The fourth-order valence-corrected chi connectivity index (χ4v) is 5.50. The maximum absolute atomic E-state index is 13.2. The highest BCUT2D eigenvalue weighted by Crippen LogP contribution is 2.60. The molecule has 0 atom stereocenters. The zero-order valence-corrected chi connectivity index (χ0v) is 13.5. The van der Waals surface area contributed by atoms with Crippen molar-refractivity contribution in [3.8, 4) is 0 Å². The molecule has 4 heteroatoms. The number of nitrogens with zero attached hydrogens (tertiary/aromatic N) is 1. The predicted molar refractivity (Wildman–Crippen MR) is 87.6 cm³/mol. The summed E-state index contributed by atoms with van der Waals surface area (Å²) in [6.07, 6.45) is 7.85. The fourth-order valence-electron chi connectivity index (χ4n) is 5.50. The molecule has 23 heavy (non-hydrogen) atoms. The highest BCUT2D eigenvalue weighted by molar-refractivity contribution is 5.96. The van der Waals surface area contributed by atoms with Crippen LogP contribution in [0.5, 0.6) is 0 Å². The molecule has 122 valence electrons. The van der Waals surface area contributed by atoms with Crippen molar-refractivity contribution in [2.24, 2.45) is 28.3 Å². The number of hydrogen-bond donors (Lipinski definition) is 1. The quantitative estimate of drug-likeness (QED) is 0.661. The average Bonchev–Trinajstić information content (AvgIpc) is 2.51. The Labute approximate surface area is 136 Å². The number of halogens is 1. The van der Waals surface area contributed by atoms with Crippen molar-refractivity contribution in [3.63, 3.8) is 0 Å². The number of hydrazone groups is 1. The van der Waals surface area contributed by atoms with Crippen LogP contribution in [0.4, 0.5) is 4.39 Å². The van der Waals surface area contributed by atoms with Crippen molar-refractivity contribution in [3.05, 3.63) is 35.6 Å². The number of carbonyl (C=O) groups excluding carboxylic acids is 1. The zero-order valence-electron chi connectivity index (χ0n) is 13.5. The second kappa shape index (κ2) is 5.43. The van der Waals surface area contributed by atoms with Gasteiger partial charge in [0, 0.05) is 16.7 Å². The molecular weight excluding hydrogens is 291 g/mol. The van der Waals surface area contributed by atoms with Crippen molar-refractivity contribution in [2.45, 2.75) is 45.4 Å². The van der Waals surface area contributed by atoms with Gasteiger partial charge in [0.15, 0.2) is 0 Å². The first-order valence-electron chi connectivity index (χ1n) is 8.65. The molecule has 1 amide bonds. The Morgan fingerprint density at radius 3 is 2.35 bits per heavy atom. The standard InChI is InChI=1S/C19H23FN2O/c1-12(21-22-18(23)16-3-2-4-17(20)8-16)19-9-13-5-14(10-19)7-15(6-13)11-19/h2-4,8,13-15H,5-7,9-11H2,1H3,(H,22,23). The van der Waals surface area contributed by atoms with Crippen LogP contribution in [0.2, 0.25) is 0 Å². The lowest BCUT2D eigenvalue weighted by molar-refractivity contribution is -0.0128. The summed E-state index contributed by atoms with van der Waals surface area (Å²) in [6, 6.07) is 5.72. The monoisotopic (exact) mass is 314 g/mol. The van der Waals surface area contributed by atoms with Crippen molar-refractivity contribution in [1.82, 2.24) is 5.43 Å². The summed E-state index contributed by atoms with van der Waals surface area (Å²) in [4.78, 5) is 12.1. The van der Waals surface area contributed by atoms with Gasteiger partial charge in [0.25, 0.3) is 5.91 Å². The van der Waals surface area contributed by atoms with E-state index in [1.165, 1.54) is 50.7 Å². The first kappa shape index (κ1) is 14.9. The van der Waals surface area contributed by atoms with E-state index < -0.39 is 5.82 Å². The van der Waals surface area contributed by atoms with Crippen LogP contribution >= 0.6 is 0 Å². The van der Waals surface area contributed by atoms with Crippen LogP contribution < -0.4 is 5.43 Å². The Bertz CT molecular complexity index is 632. The summed E-state index contributed by atoms with van der Waals surface area (Å²) < 4.78 is 13.2. The van der Waals surface area contributed by atoms with E-state index in [-0.39, 0.29) is 11.3 Å². The molecule has 0 spiro atoms. The van der Waals surface area contributed by atoms with E-state index in [0.717, 1.165) is 23.5 Å². The molecule has 0 heterocycles. The second-order valence-corrected chi connectivity index (χ2v) is 7.85. The van der Waals surface area contributed by atoms with E-state index >= 15 is 0 Å². The van der Waals surface area contributed by atoms with Crippen molar-refractivity contribution >= 4 is 11.6 Å². The Morgan fingerprint density at radius 2 is 1.78 bits per heavy atom. The Kier molecular flexibility index (Phi) is 3.51. The molecule has 4 fully saturated rings. The lowest BCUT2D eigenvalue weighted by atomic mass is 9.48. The number of carbonyl (C=O) groups is 1. The number of nitrogens with one attached hydrogen (secondary N) is 1. The van der Waals surface area contributed by atoms with Crippen LogP contribution in [0, 0.1) is 29.0 Å². The minimum atomic E-state index is -0.403. The van der Waals surface area contributed by atoms with Gasteiger partial charge in [-0.1, -0.05) is 6.07 Å². The third-order valence-electron chi connectivity index (χ3n) is 6.22. The number of rotatable bonds is 3. The molecule has 0 radical (unpaired) electrons. The molecule has 1 aromatic carbocycles. The molecule has 0 unspecified atom stereocenters. The summed E-state index contributed by atoms with van der Waals surface area (Å²) in [5, 5.41) is 4.41. The Hall–Kier alpha value is -1.71. The van der Waals surface area contributed by atoms with Gasteiger partial charge in [-0.15, -0.1) is 0 Å². The molecule has 5 rings (SSSR count). The third-order valence-corrected chi connectivity index (χ3v) is 6.22. The molecule has 4 aliphatic carbocycles. The van der Waals surface area contributed by atoms with Gasteiger partial charge >= 0.3 is 0 Å². The van der Waals surface area contributed by atoms with Gasteiger partial charge in [0.05, 0.1) is 0 Å². The van der Waals surface area contributed by atoms with Crippen LogP contribution in [0.1, 0.15) is 55.8 Å². The normalized spacial score (nSPS) is 35.4. The molecule has 0 aliphatic heterocycles. The lowest BCUT2D eigenvalue weighted by Crippen LogP contribution is -2.49. The first-order chi connectivity index (χ1) is 11.0. The number of amides is 1. The van der Waals surface area contributed by atoms with Crippen LogP contribution in [0.15, 0.2) is 29.4 Å². The summed E-state index contributed by atoms with van der Waals surface area (Å²) in [7, 11) is 0. The van der Waals surface area contributed by atoms with E-state index in [2.05, 4.69) is 17.5 Å². The highest BCUT2D eigenvalue weighted by atomic mass is 19.1. The smallest absolute Gasteiger partial charge is 0.267 e. The first-order valence-corrected chi connectivity index (χ1v) is 8.65. The van der Waals surface area contributed by atoms with Gasteiger partial charge in [-0.05, 0) is 81.4 Å². The topological polar surface area (TPSA) is 41.5 Å². The molecule has 1 aromatic rings. The fraction of sp³-hybridized carbons (Fsp3) is 0.579. The Morgan fingerprint density at radius 1 is 1.17 bits per heavy atom. The molecule has 0 saturated heterocycles. The van der Waals surface area contributed by atoms with E-state index in [1.54, 1.807) is 12.1 Å². The molecule has 3 nitrogen and oxygen atoms in total. The molecule has 1 N–H and O–H groups in total. The lowest BCUT2D eigenvalue weighted by Gasteiger charge is -2.56. The van der Waals surface area contributed by atoms with Crippen LogP contribution in [-0.2, 0) is 0 Å². The van der Waals surface area contributed by atoms with Crippen LogP contribution in [-0.4, -0.2) is 11.6 Å². The molecule has 4 aliphatic rings. The average molecular weight is 314 g/mol. The Balaban J connectivity index is 1.49. The minimum Gasteiger partial charge on any atom is -0.267 e. The maximum atomic E-state index is 13.2. The van der Waals surface area contributed by atoms with Gasteiger partial charge in [-0.3, -0.25) is 4.79 Å². The van der Waals surface area contributed by atoms with Crippen molar-refractivity contribution < 1.29 is 9.18 Å². The summed E-state index contributed by atoms with van der Waals surface area (Å²) in [6.45, 7) is 2.05. The van der Waals surface area contributed by atoms with E-state index in [0.29, 0.717) is 5.56 Å². The minimum absolute atomic E-state index is 0.198. The van der Waals surface area contributed by atoms with E-state index in [1.807, 2.05) is 0 Å². The number of hydrogen-bond acceptors (Lipinski definition) is 2. The third kappa shape index (κ3) is 2.68. The highest BCUT2D eigenvalue weighted by Gasteiger charge is 2.52.